The van der Waals surface area contributed by atoms with Crippen molar-refractivity contribution < 1.29 is 0 Å². The summed E-state index contributed by atoms with van der Waals surface area (Å²) >= 11 is 0. The third-order valence-corrected chi connectivity index (χ3v) is 6.91. The van der Waals surface area contributed by atoms with Crippen molar-refractivity contribution in [1.82, 2.24) is 20.4 Å². The van der Waals surface area contributed by atoms with E-state index in [1.165, 1.54) is 75.7 Å². The molecule has 2 saturated heterocycles. The van der Waals surface area contributed by atoms with E-state index in [4.69, 9.17) is 0 Å². The number of likely N-dealkylation sites (tertiary alicyclic amines) is 2. The number of hydrogen-bond donors (Lipinski definition) is 2. The molecule has 32 heavy (non-hydrogen) atoms. The molecule has 0 aliphatic carbocycles. The second-order valence-electron chi connectivity index (χ2n) is 9.83. The van der Waals surface area contributed by atoms with E-state index in [2.05, 4.69) is 69.3 Å². The lowest BCUT2D eigenvalue weighted by molar-refractivity contribution is 0.181. The second kappa shape index (κ2) is 13.6. The average molecular weight is 440 g/mol. The SMILES string of the molecule is C=C(C)CN1CCC(NC(=NC)NCCCCN2CCC(Cc3ccccc3)CC2)CC1. The summed E-state index contributed by atoms with van der Waals surface area (Å²) in [6.07, 6.45) is 8.73. The van der Waals surface area contributed by atoms with Gasteiger partial charge in [-0.3, -0.25) is 9.89 Å². The number of guanidine groups is 1. The summed E-state index contributed by atoms with van der Waals surface area (Å²) in [6.45, 7) is 14.2. The molecule has 2 aliphatic heterocycles. The molecule has 0 saturated carbocycles. The maximum atomic E-state index is 4.44. The lowest BCUT2D eigenvalue weighted by atomic mass is 9.90. The fourth-order valence-corrected chi connectivity index (χ4v) is 5.03. The predicted octanol–water partition coefficient (Wildman–Crippen LogP) is 3.93. The van der Waals surface area contributed by atoms with Gasteiger partial charge in [-0.25, -0.2) is 0 Å². The number of aliphatic imine (C=N–C) groups is 1. The summed E-state index contributed by atoms with van der Waals surface area (Å²) in [6, 6.07) is 11.5. The monoisotopic (exact) mass is 439 g/mol. The Balaban J connectivity index is 1.22. The number of rotatable bonds is 10. The number of unbranched alkanes of at least 4 members (excludes halogenated alkanes) is 1. The van der Waals surface area contributed by atoms with Gasteiger partial charge in [-0.1, -0.05) is 42.5 Å². The van der Waals surface area contributed by atoms with Gasteiger partial charge in [0, 0.05) is 39.3 Å². The Morgan fingerprint density at radius 3 is 2.34 bits per heavy atom. The van der Waals surface area contributed by atoms with Crippen molar-refractivity contribution in [3.05, 3.63) is 48.0 Å². The third-order valence-electron chi connectivity index (χ3n) is 6.91. The first-order valence-electron chi connectivity index (χ1n) is 12.7. The molecule has 0 atom stereocenters. The number of benzene rings is 1. The second-order valence-corrected chi connectivity index (χ2v) is 9.83. The zero-order chi connectivity index (χ0) is 22.6. The minimum Gasteiger partial charge on any atom is -0.356 e. The van der Waals surface area contributed by atoms with Crippen molar-refractivity contribution in [2.75, 3.05) is 52.9 Å². The fourth-order valence-electron chi connectivity index (χ4n) is 5.03. The van der Waals surface area contributed by atoms with E-state index in [0.717, 1.165) is 38.1 Å². The highest BCUT2D eigenvalue weighted by atomic mass is 15.2. The molecule has 2 aliphatic rings. The van der Waals surface area contributed by atoms with E-state index in [9.17, 15) is 0 Å². The average Bonchev–Trinajstić information content (AvgIpc) is 2.80. The highest BCUT2D eigenvalue weighted by Gasteiger charge is 2.20. The molecule has 178 valence electrons. The summed E-state index contributed by atoms with van der Waals surface area (Å²) < 4.78 is 0. The number of nitrogens with zero attached hydrogens (tertiary/aromatic N) is 3. The van der Waals surface area contributed by atoms with Gasteiger partial charge in [-0.05, 0) is 83.0 Å². The molecule has 1 aromatic carbocycles. The first kappa shape index (κ1) is 24.8. The molecule has 2 heterocycles. The van der Waals surface area contributed by atoms with Crippen molar-refractivity contribution in [1.29, 1.82) is 0 Å². The Bertz CT molecular complexity index is 685. The van der Waals surface area contributed by atoms with Crippen LogP contribution in [-0.2, 0) is 6.42 Å². The highest BCUT2D eigenvalue weighted by molar-refractivity contribution is 5.79. The zero-order valence-corrected chi connectivity index (χ0v) is 20.5. The fraction of sp³-hybridized carbons (Fsp3) is 0.667. The molecule has 0 aromatic heterocycles. The summed E-state index contributed by atoms with van der Waals surface area (Å²) in [7, 11) is 1.88. The van der Waals surface area contributed by atoms with Crippen LogP contribution in [0.2, 0.25) is 0 Å². The van der Waals surface area contributed by atoms with Gasteiger partial charge < -0.3 is 15.5 Å². The van der Waals surface area contributed by atoms with Crippen LogP contribution >= 0.6 is 0 Å². The van der Waals surface area contributed by atoms with Gasteiger partial charge in [-0.2, -0.15) is 0 Å². The Morgan fingerprint density at radius 1 is 1.00 bits per heavy atom. The molecular weight excluding hydrogens is 394 g/mol. The van der Waals surface area contributed by atoms with Crippen LogP contribution in [0.1, 0.15) is 51.0 Å². The molecule has 0 spiro atoms. The Hall–Kier alpha value is -1.85. The standard InChI is InChI=1S/C27H45N5/c1-23(2)22-32-19-13-26(14-20-32)30-27(28-3)29-15-7-8-16-31-17-11-25(12-18-31)21-24-9-5-4-6-10-24/h4-6,9-10,25-26H,1,7-8,11-22H2,2-3H3,(H2,28,29,30). The quantitative estimate of drug-likeness (QED) is 0.251. The molecule has 1 aromatic rings. The van der Waals surface area contributed by atoms with Crippen LogP contribution < -0.4 is 10.6 Å². The summed E-state index contributed by atoms with van der Waals surface area (Å²) in [4.78, 5) is 9.60. The largest absolute Gasteiger partial charge is 0.356 e. The van der Waals surface area contributed by atoms with E-state index in [-0.39, 0.29) is 0 Å². The lowest BCUT2D eigenvalue weighted by Gasteiger charge is -2.33. The van der Waals surface area contributed by atoms with Crippen LogP contribution in [-0.4, -0.2) is 74.7 Å². The van der Waals surface area contributed by atoms with E-state index < -0.39 is 0 Å². The van der Waals surface area contributed by atoms with Gasteiger partial charge in [0.2, 0.25) is 0 Å². The van der Waals surface area contributed by atoms with E-state index in [1.54, 1.807) is 0 Å². The summed E-state index contributed by atoms with van der Waals surface area (Å²) in [5.41, 5.74) is 2.75. The first-order valence-corrected chi connectivity index (χ1v) is 12.7. The minimum atomic E-state index is 0.528. The van der Waals surface area contributed by atoms with Gasteiger partial charge in [-0.15, -0.1) is 0 Å². The van der Waals surface area contributed by atoms with Crippen molar-refractivity contribution in [3.63, 3.8) is 0 Å². The maximum Gasteiger partial charge on any atom is 0.191 e. The first-order chi connectivity index (χ1) is 15.6. The maximum absolute atomic E-state index is 4.44. The summed E-state index contributed by atoms with van der Waals surface area (Å²) in [5.74, 6) is 1.82. The molecular formula is C27H45N5. The Labute approximate surface area is 196 Å². The topological polar surface area (TPSA) is 42.9 Å². The normalized spacial score (nSPS) is 19.8. The number of piperidine rings is 2. The minimum absolute atomic E-state index is 0.528. The van der Waals surface area contributed by atoms with Crippen LogP contribution in [0.25, 0.3) is 0 Å². The van der Waals surface area contributed by atoms with Crippen molar-refractivity contribution >= 4 is 5.96 Å². The van der Waals surface area contributed by atoms with Gasteiger partial charge in [0.1, 0.15) is 0 Å². The Kier molecular flexibility index (Phi) is 10.6. The predicted molar refractivity (Wildman–Crippen MR) is 137 cm³/mol. The molecule has 2 fully saturated rings. The molecule has 3 rings (SSSR count). The molecule has 2 N–H and O–H groups in total. The van der Waals surface area contributed by atoms with E-state index in [0.29, 0.717) is 6.04 Å². The van der Waals surface area contributed by atoms with Crippen LogP contribution in [0, 0.1) is 5.92 Å². The molecule has 0 amide bonds. The molecule has 0 bridgehead atoms. The zero-order valence-electron chi connectivity index (χ0n) is 20.5. The number of nitrogens with one attached hydrogen (secondary N) is 2. The van der Waals surface area contributed by atoms with Gasteiger partial charge >= 0.3 is 0 Å². The van der Waals surface area contributed by atoms with Crippen molar-refractivity contribution in [3.8, 4) is 0 Å². The van der Waals surface area contributed by atoms with E-state index in [1.807, 2.05) is 7.05 Å². The summed E-state index contributed by atoms with van der Waals surface area (Å²) in [5, 5.41) is 7.15. The Morgan fingerprint density at radius 2 is 1.69 bits per heavy atom. The van der Waals surface area contributed by atoms with E-state index >= 15 is 0 Å². The van der Waals surface area contributed by atoms with Crippen LogP contribution in [0.3, 0.4) is 0 Å². The highest BCUT2D eigenvalue weighted by Crippen LogP contribution is 2.21. The molecule has 5 nitrogen and oxygen atoms in total. The smallest absolute Gasteiger partial charge is 0.191 e. The third kappa shape index (κ3) is 8.95. The van der Waals surface area contributed by atoms with Gasteiger partial charge in [0.25, 0.3) is 0 Å². The van der Waals surface area contributed by atoms with Crippen LogP contribution in [0.5, 0.6) is 0 Å². The van der Waals surface area contributed by atoms with Crippen molar-refractivity contribution in [2.45, 2.75) is 57.9 Å². The van der Waals surface area contributed by atoms with Crippen LogP contribution in [0.15, 0.2) is 47.5 Å². The van der Waals surface area contributed by atoms with Crippen LogP contribution in [0.4, 0.5) is 0 Å². The van der Waals surface area contributed by atoms with Crippen molar-refractivity contribution in [2.24, 2.45) is 10.9 Å². The number of hydrogen-bond acceptors (Lipinski definition) is 3. The lowest BCUT2D eigenvalue weighted by Crippen LogP contribution is -2.49. The van der Waals surface area contributed by atoms with Gasteiger partial charge in [0.15, 0.2) is 5.96 Å². The molecule has 5 heteroatoms. The molecule has 0 unspecified atom stereocenters. The van der Waals surface area contributed by atoms with Gasteiger partial charge in [0.05, 0.1) is 0 Å². The molecule has 0 radical (unpaired) electrons.